The molecule has 2 fully saturated rings. The number of imide groups is 1. The molecule has 144 valence electrons. The third-order valence-electron chi connectivity index (χ3n) is 5.33. The van der Waals surface area contributed by atoms with Crippen LogP contribution >= 0.6 is 15.9 Å². The summed E-state index contributed by atoms with van der Waals surface area (Å²) in [4.78, 5) is 34.0. The summed E-state index contributed by atoms with van der Waals surface area (Å²) < 4.78 is 0.906. The molecule has 2 aliphatic heterocycles. The van der Waals surface area contributed by atoms with E-state index in [1.54, 1.807) is 17.2 Å². The third-order valence-corrected chi connectivity index (χ3v) is 5.82. The van der Waals surface area contributed by atoms with Crippen LogP contribution in [0.1, 0.15) is 11.6 Å². The highest BCUT2D eigenvalue weighted by Gasteiger charge is 2.60. The minimum atomic E-state index is -0.855. The Hall–Kier alpha value is -2.96. The van der Waals surface area contributed by atoms with Gasteiger partial charge in [-0.3, -0.25) is 14.4 Å². The van der Waals surface area contributed by atoms with Crippen molar-refractivity contribution in [3.8, 4) is 0 Å². The van der Waals surface area contributed by atoms with E-state index in [0.29, 0.717) is 5.69 Å². The zero-order valence-corrected chi connectivity index (χ0v) is 16.9. The van der Waals surface area contributed by atoms with E-state index in [1.807, 2.05) is 72.8 Å². The Balaban J connectivity index is 1.60. The van der Waals surface area contributed by atoms with Crippen LogP contribution in [0.15, 0.2) is 89.4 Å². The van der Waals surface area contributed by atoms with Gasteiger partial charge in [-0.05, 0) is 42.0 Å². The molecule has 0 aliphatic carbocycles. The first kappa shape index (κ1) is 18.1. The van der Waals surface area contributed by atoms with Crippen molar-refractivity contribution in [1.29, 1.82) is 0 Å². The molecular formula is C23H17BrN2O3. The number of benzene rings is 3. The van der Waals surface area contributed by atoms with E-state index in [0.717, 1.165) is 15.7 Å². The molecule has 3 atom stereocenters. The number of halogens is 1. The fourth-order valence-electron chi connectivity index (χ4n) is 4.07. The van der Waals surface area contributed by atoms with Crippen molar-refractivity contribution in [1.82, 2.24) is 0 Å². The number of rotatable bonds is 3. The van der Waals surface area contributed by atoms with Gasteiger partial charge in [0.15, 0.2) is 6.10 Å². The molecule has 29 heavy (non-hydrogen) atoms. The maximum Gasteiger partial charge on any atom is 0.266 e. The van der Waals surface area contributed by atoms with Gasteiger partial charge in [0.05, 0.1) is 17.4 Å². The van der Waals surface area contributed by atoms with Crippen LogP contribution in [0.2, 0.25) is 0 Å². The summed E-state index contributed by atoms with van der Waals surface area (Å²) in [6.45, 7) is 0. The summed E-state index contributed by atoms with van der Waals surface area (Å²) in [6.07, 6.45) is -0.855. The highest BCUT2D eigenvalue weighted by Crippen LogP contribution is 2.47. The zero-order valence-electron chi connectivity index (χ0n) is 15.3. The predicted octanol–water partition coefficient (Wildman–Crippen LogP) is 4.50. The third kappa shape index (κ3) is 2.96. The second-order valence-corrected chi connectivity index (χ2v) is 7.98. The molecule has 0 bridgehead atoms. The Morgan fingerprint density at radius 3 is 2.07 bits per heavy atom. The van der Waals surface area contributed by atoms with E-state index in [9.17, 15) is 9.59 Å². The van der Waals surface area contributed by atoms with Crippen molar-refractivity contribution < 1.29 is 14.4 Å². The number of hydrogen-bond acceptors (Lipinski definition) is 4. The average Bonchev–Trinajstić information content (AvgIpc) is 3.26. The first-order valence-corrected chi connectivity index (χ1v) is 10.1. The summed E-state index contributed by atoms with van der Waals surface area (Å²) in [5.41, 5.74) is 2.28. The minimum absolute atomic E-state index is 0.241. The number of nitrogens with zero attached hydrogens (tertiary/aromatic N) is 2. The van der Waals surface area contributed by atoms with E-state index < -0.39 is 18.1 Å². The number of para-hydroxylation sites is 2. The lowest BCUT2D eigenvalue weighted by Crippen LogP contribution is -2.37. The maximum atomic E-state index is 13.4. The Labute approximate surface area is 176 Å². The van der Waals surface area contributed by atoms with Crippen LogP contribution in [-0.2, 0) is 14.4 Å². The lowest BCUT2D eigenvalue weighted by atomic mass is 9.90. The number of carbonyl (C=O) groups excluding carboxylic acids is 2. The fraction of sp³-hybridized carbons (Fsp3) is 0.130. The Bertz CT molecular complexity index is 1070. The van der Waals surface area contributed by atoms with Crippen LogP contribution in [0.4, 0.5) is 11.4 Å². The Morgan fingerprint density at radius 2 is 1.41 bits per heavy atom. The average molecular weight is 449 g/mol. The van der Waals surface area contributed by atoms with Crippen LogP contribution in [0.25, 0.3) is 0 Å². The van der Waals surface area contributed by atoms with E-state index in [-0.39, 0.29) is 11.8 Å². The topological polar surface area (TPSA) is 49.9 Å². The molecule has 3 aromatic carbocycles. The van der Waals surface area contributed by atoms with Crippen LogP contribution in [-0.4, -0.2) is 17.9 Å². The van der Waals surface area contributed by atoms with Gasteiger partial charge in [0.2, 0.25) is 5.91 Å². The van der Waals surface area contributed by atoms with Crippen LogP contribution in [0.5, 0.6) is 0 Å². The molecule has 0 saturated carbocycles. The van der Waals surface area contributed by atoms with E-state index >= 15 is 0 Å². The molecule has 6 heteroatoms. The minimum Gasteiger partial charge on any atom is -0.273 e. The molecule has 2 amide bonds. The van der Waals surface area contributed by atoms with E-state index in [2.05, 4.69) is 15.9 Å². The number of hydrogen-bond donors (Lipinski definition) is 0. The number of fused-ring (bicyclic) bond motifs is 1. The Morgan fingerprint density at radius 1 is 0.759 bits per heavy atom. The molecular weight excluding hydrogens is 432 g/mol. The highest BCUT2D eigenvalue weighted by molar-refractivity contribution is 9.10. The monoisotopic (exact) mass is 448 g/mol. The normalized spacial score (nSPS) is 23.6. The first-order valence-electron chi connectivity index (χ1n) is 9.34. The molecule has 0 unspecified atom stereocenters. The molecule has 2 saturated heterocycles. The summed E-state index contributed by atoms with van der Waals surface area (Å²) in [5.74, 6) is -1.20. The van der Waals surface area contributed by atoms with Gasteiger partial charge in [-0.25, -0.2) is 9.96 Å². The standard InChI is InChI=1S/C23H17BrN2O3/c24-16-9-7-8-15(14-16)20-19-21(29-26(20)18-12-5-2-6-13-18)23(28)25(22(19)27)17-10-3-1-4-11-17/h1-14,19-21H/t19-,20-,21+/m0/s1. The second kappa shape index (κ2) is 7.13. The van der Waals surface area contributed by atoms with Crippen molar-refractivity contribution in [3.05, 3.63) is 95.0 Å². The smallest absolute Gasteiger partial charge is 0.266 e. The maximum absolute atomic E-state index is 13.4. The van der Waals surface area contributed by atoms with Gasteiger partial charge < -0.3 is 0 Å². The van der Waals surface area contributed by atoms with Crippen molar-refractivity contribution >= 4 is 39.1 Å². The number of hydroxylamine groups is 1. The van der Waals surface area contributed by atoms with Crippen LogP contribution < -0.4 is 9.96 Å². The summed E-state index contributed by atoms with van der Waals surface area (Å²) in [6, 6.07) is 25.9. The van der Waals surface area contributed by atoms with Crippen LogP contribution in [0.3, 0.4) is 0 Å². The van der Waals surface area contributed by atoms with E-state index in [1.165, 1.54) is 4.90 Å². The molecule has 5 nitrogen and oxygen atoms in total. The summed E-state index contributed by atoms with van der Waals surface area (Å²) in [7, 11) is 0. The fourth-order valence-corrected chi connectivity index (χ4v) is 4.49. The van der Waals surface area contributed by atoms with Gasteiger partial charge in [0, 0.05) is 4.47 Å². The molecule has 0 spiro atoms. The van der Waals surface area contributed by atoms with Crippen LogP contribution in [0, 0.1) is 5.92 Å². The van der Waals surface area contributed by atoms with Crippen molar-refractivity contribution in [2.45, 2.75) is 12.1 Å². The zero-order chi connectivity index (χ0) is 20.0. The largest absolute Gasteiger partial charge is 0.273 e. The number of anilines is 2. The molecule has 0 radical (unpaired) electrons. The molecule has 0 aromatic heterocycles. The summed E-state index contributed by atoms with van der Waals surface area (Å²) in [5, 5.41) is 1.70. The lowest BCUT2D eigenvalue weighted by Gasteiger charge is -2.28. The quantitative estimate of drug-likeness (QED) is 0.553. The molecule has 0 N–H and O–H groups in total. The highest BCUT2D eigenvalue weighted by atomic mass is 79.9. The van der Waals surface area contributed by atoms with E-state index in [4.69, 9.17) is 4.84 Å². The summed E-state index contributed by atoms with van der Waals surface area (Å²) >= 11 is 3.51. The Kier molecular flexibility index (Phi) is 4.45. The van der Waals surface area contributed by atoms with Gasteiger partial charge in [-0.1, -0.05) is 64.5 Å². The van der Waals surface area contributed by atoms with Gasteiger partial charge in [0.25, 0.3) is 5.91 Å². The predicted molar refractivity (Wildman–Crippen MR) is 113 cm³/mol. The van der Waals surface area contributed by atoms with Crippen molar-refractivity contribution in [2.75, 3.05) is 9.96 Å². The van der Waals surface area contributed by atoms with Gasteiger partial charge in [0.1, 0.15) is 5.92 Å². The molecule has 2 heterocycles. The first-order chi connectivity index (χ1) is 14.1. The SMILES string of the molecule is O=C1[C@@H]2[C@@H](ON(c3ccccc3)[C@H]2c2cccc(Br)c2)C(=O)N1c1ccccc1. The molecule has 2 aliphatic rings. The second-order valence-electron chi connectivity index (χ2n) is 7.06. The van der Waals surface area contributed by atoms with Crippen molar-refractivity contribution in [2.24, 2.45) is 5.92 Å². The number of amides is 2. The van der Waals surface area contributed by atoms with Gasteiger partial charge in [-0.15, -0.1) is 0 Å². The molecule has 5 rings (SSSR count). The van der Waals surface area contributed by atoms with Crippen molar-refractivity contribution in [3.63, 3.8) is 0 Å². The van der Waals surface area contributed by atoms with Gasteiger partial charge >= 0.3 is 0 Å². The lowest BCUT2D eigenvalue weighted by molar-refractivity contribution is -0.126. The van der Waals surface area contributed by atoms with Gasteiger partial charge in [-0.2, -0.15) is 0 Å². The molecule has 3 aromatic rings. The number of carbonyl (C=O) groups is 2.